The number of rotatable bonds is 4. The van der Waals surface area contributed by atoms with Crippen molar-refractivity contribution in [3.05, 3.63) is 70.2 Å². The molecule has 2 aromatic rings. The van der Waals surface area contributed by atoms with Crippen molar-refractivity contribution < 1.29 is 8.76 Å². The Balaban J connectivity index is 1.92. The van der Waals surface area contributed by atoms with Gasteiger partial charge in [0.1, 0.15) is 0 Å². The van der Waals surface area contributed by atoms with E-state index in [2.05, 4.69) is 24.3 Å². The molecule has 3 rings (SSSR count). The summed E-state index contributed by atoms with van der Waals surface area (Å²) >= 11 is 4.18. The number of halogens is 1. The van der Waals surface area contributed by atoms with Crippen LogP contribution >= 0.6 is 11.6 Å². The van der Waals surface area contributed by atoms with Gasteiger partial charge in [-0.25, -0.2) is 4.21 Å². The molecule has 0 saturated carbocycles. The second-order valence-corrected chi connectivity index (χ2v) is 6.85. The van der Waals surface area contributed by atoms with E-state index in [4.69, 9.17) is 16.2 Å². The van der Waals surface area contributed by atoms with Crippen molar-refractivity contribution in [2.45, 2.75) is 25.0 Å². The molecule has 1 aliphatic rings. The first kappa shape index (κ1) is 15.5. The summed E-state index contributed by atoms with van der Waals surface area (Å²) in [5.74, 6) is 0.184. The Labute approximate surface area is 138 Å². The molecule has 114 valence electrons. The second kappa shape index (κ2) is 6.78. The molecule has 0 fully saturated rings. The SMILES string of the molecule is O=S(O)Cc1ccc(C2=C(c3ccc(Cl)cc3)CCC2)cc1. The molecule has 0 aromatic heterocycles. The lowest BCUT2D eigenvalue weighted by molar-refractivity contribution is 0.563. The fourth-order valence-corrected chi connectivity index (χ4v) is 3.58. The minimum Gasteiger partial charge on any atom is -0.306 e. The maximum atomic E-state index is 10.9. The molecule has 0 aliphatic heterocycles. The molecule has 0 bridgehead atoms. The molecular weight excluding hydrogens is 316 g/mol. The van der Waals surface area contributed by atoms with Crippen LogP contribution in [0.3, 0.4) is 0 Å². The van der Waals surface area contributed by atoms with Crippen LogP contribution in [-0.4, -0.2) is 8.76 Å². The van der Waals surface area contributed by atoms with E-state index in [1.54, 1.807) is 0 Å². The van der Waals surface area contributed by atoms with Crippen molar-refractivity contribution in [2.24, 2.45) is 0 Å². The highest BCUT2D eigenvalue weighted by atomic mass is 35.5. The van der Waals surface area contributed by atoms with Crippen LogP contribution in [0.25, 0.3) is 11.1 Å². The van der Waals surface area contributed by atoms with Gasteiger partial charge in [-0.05, 0) is 59.2 Å². The molecule has 1 aliphatic carbocycles. The van der Waals surface area contributed by atoms with Crippen LogP contribution in [0, 0.1) is 0 Å². The van der Waals surface area contributed by atoms with Crippen molar-refractivity contribution in [3.63, 3.8) is 0 Å². The highest BCUT2D eigenvalue weighted by Gasteiger charge is 2.17. The van der Waals surface area contributed by atoms with Crippen molar-refractivity contribution in [1.29, 1.82) is 0 Å². The van der Waals surface area contributed by atoms with E-state index in [1.807, 2.05) is 24.3 Å². The molecule has 1 N–H and O–H groups in total. The van der Waals surface area contributed by atoms with E-state index < -0.39 is 11.1 Å². The van der Waals surface area contributed by atoms with Crippen molar-refractivity contribution >= 4 is 33.8 Å². The van der Waals surface area contributed by atoms with Crippen molar-refractivity contribution in [2.75, 3.05) is 0 Å². The number of benzene rings is 2. The van der Waals surface area contributed by atoms with Gasteiger partial charge in [-0.1, -0.05) is 48.0 Å². The van der Waals surface area contributed by atoms with Gasteiger partial charge in [0.05, 0.1) is 5.75 Å². The van der Waals surface area contributed by atoms with Gasteiger partial charge in [-0.2, -0.15) is 0 Å². The molecule has 4 heteroatoms. The van der Waals surface area contributed by atoms with E-state index in [9.17, 15) is 4.21 Å². The van der Waals surface area contributed by atoms with Gasteiger partial charge >= 0.3 is 0 Å². The molecule has 0 heterocycles. The van der Waals surface area contributed by atoms with E-state index in [0.717, 1.165) is 29.8 Å². The predicted octanol–water partition coefficient (Wildman–Crippen LogP) is 5.16. The van der Waals surface area contributed by atoms with Gasteiger partial charge in [-0.15, -0.1) is 0 Å². The van der Waals surface area contributed by atoms with Crippen LogP contribution in [0.4, 0.5) is 0 Å². The second-order valence-electron chi connectivity index (χ2n) is 5.48. The molecule has 0 spiro atoms. The molecular formula is C18H17ClO2S. The Kier molecular flexibility index (Phi) is 4.77. The van der Waals surface area contributed by atoms with Crippen LogP contribution in [0.15, 0.2) is 48.5 Å². The van der Waals surface area contributed by atoms with E-state index in [1.165, 1.54) is 22.3 Å². The molecule has 2 aromatic carbocycles. The Hall–Kier alpha value is -1.42. The van der Waals surface area contributed by atoms with Crippen LogP contribution in [0.5, 0.6) is 0 Å². The lowest BCUT2D eigenvalue weighted by Gasteiger charge is -2.09. The zero-order chi connectivity index (χ0) is 15.5. The zero-order valence-electron chi connectivity index (χ0n) is 12.1. The highest BCUT2D eigenvalue weighted by Crippen LogP contribution is 2.39. The molecule has 0 radical (unpaired) electrons. The van der Waals surface area contributed by atoms with Crippen LogP contribution < -0.4 is 0 Å². The first-order valence-corrected chi connectivity index (χ1v) is 8.93. The van der Waals surface area contributed by atoms with Gasteiger partial charge in [-0.3, -0.25) is 0 Å². The summed E-state index contributed by atoms with van der Waals surface area (Å²) in [6.07, 6.45) is 3.32. The molecule has 0 saturated heterocycles. The smallest absolute Gasteiger partial charge is 0.157 e. The van der Waals surface area contributed by atoms with Crippen LogP contribution in [0.2, 0.25) is 5.02 Å². The first-order valence-electron chi connectivity index (χ1n) is 7.28. The molecule has 22 heavy (non-hydrogen) atoms. The highest BCUT2D eigenvalue weighted by molar-refractivity contribution is 7.78. The van der Waals surface area contributed by atoms with Crippen LogP contribution in [0.1, 0.15) is 36.0 Å². The molecule has 1 atom stereocenters. The van der Waals surface area contributed by atoms with Gasteiger partial charge in [0, 0.05) is 5.02 Å². The molecule has 0 amide bonds. The fourth-order valence-electron chi connectivity index (χ4n) is 2.98. The summed E-state index contributed by atoms with van der Waals surface area (Å²) < 4.78 is 19.8. The monoisotopic (exact) mass is 332 g/mol. The average molecular weight is 333 g/mol. The summed E-state index contributed by atoms with van der Waals surface area (Å²) in [5, 5.41) is 0.755. The minimum atomic E-state index is -1.79. The third-order valence-corrected chi connectivity index (χ3v) is 4.84. The summed E-state index contributed by atoms with van der Waals surface area (Å²) in [6, 6.07) is 16.0. The fraction of sp³-hybridized carbons (Fsp3) is 0.222. The Bertz CT molecular complexity index is 718. The van der Waals surface area contributed by atoms with Gasteiger partial charge in [0.25, 0.3) is 0 Å². The number of hydrogen-bond acceptors (Lipinski definition) is 1. The first-order chi connectivity index (χ1) is 10.6. The van der Waals surface area contributed by atoms with Crippen molar-refractivity contribution in [1.82, 2.24) is 0 Å². The summed E-state index contributed by atoms with van der Waals surface area (Å²) in [4.78, 5) is 0. The van der Waals surface area contributed by atoms with Crippen LogP contribution in [-0.2, 0) is 16.8 Å². The average Bonchev–Trinajstić information content (AvgIpc) is 2.97. The number of hydrogen-bond donors (Lipinski definition) is 1. The lowest BCUT2D eigenvalue weighted by atomic mass is 9.96. The zero-order valence-corrected chi connectivity index (χ0v) is 13.7. The van der Waals surface area contributed by atoms with E-state index >= 15 is 0 Å². The van der Waals surface area contributed by atoms with E-state index in [0.29, 0.717) is 0 Å². The predicted molar refractivity (Wildman–Crippen MR) is 93.0 cm³/mol. The normalized spacial score (nSPS) is 16.1. The van der Waals surface area contributed by atoms with Crippen molar-refractivity contribution in [3.8, 4) is 0 Å². The third kappa shape index (κ3) is 3.49. The summed E-state index contributed by atoms with van der Waals surface area (Å²) in [5.41, 5.74) is 6.08. The summed E-state index contributed by atoms with van der Waals surface area (Å²) in [6.45, 7) is 0. The maximum absolute atomic E-state index is 10.9. The maximum Gasteiger partial charge on any atom is 0.157 e. The molecule has 1 unspecified atom stereocenters. The van der Waals surface area contributed by atoms with Gasteiger partial charge in [0.15, 0.2) is 11.1 Å². The standard InChI is InChI=1S/C18H17ClO2S/c19-16-10-8-15(9-11-16)18-3-1-2-17(18)14-6-4-13(5-7-14)12-22(20)21/h4-11H,1-3,12H2,(H,20,21). The molecule has 2 nitrogen and oxygen atoms in total. The third-order valence-electron chi connectivity index (χ3n) is 4.00. The van der Waals surface area contributed by atoms with Gasteiger partial charge < -0.3 is 4.55 Å². The topological polar surface area (TPSA) is 37.3 Å². The van der Waals surface area contributed by atoms with E-state index in [-0.39, 0.29) is 5.75 Å². The van der Waals surface area contributed by atoms with Gasteiger partial charge in [0.2, 0.25) is 0 Å². The quantitative estimate of drug-likeness (QED) is 0.785. The number of allylic oxidation sites excluding steroid dienone is 2. The lowest BCUT2D eigenvalue weighted by Crippen LogP contribution is -1.93. The Morgan fingerprint density at radius 3 is 1.91 bits per heavy atom. The Morgan fingerprint density at radius 1 is 0.909 bits per heavy atom. The summed E-state index contributed by atoms with van der Waals surface area (Å²) in [7, 11) is 0. The minimum absolute atomic E-state index is 0.184. The largest absolute Gasteiger partial charge is 0.306 e. The Morgan fingerprint density at radius 2 is 1.41 bits per heavy atom.